The number of thioether (sulfide) groups is 1. The maximum absolute atomic E-state index is 13.0. The summed E-state index contributed by atoms with van der Waals surface area (Å²) < 4.78 is 2.09. The van der Waals surface area contributed by atoms with Gasteiger partial charge in [0.1, 0.15) is 5.04 Å². The van der Waals surface area contributed by atoms with Crippen LogP contribution in [0, 0.1) is 5.41 Å². The Morgan fingerprint density at radius 1 is 1.08 bits per heavy atom. The number of piperidine rings is 1. The number of para-hydroxylation sites is 1. The van der Waals surface area contributed by atoms with Gasteiger partial charge in [-0.15, -0.1) is 0 Å². The molecule has 0 aliphatic carbocycles. The molecule has 0 atom stereocenters. The Balaban J connectivity index is 1.28. The van der Waals surface area contributed by atoms with E-state index < -0.39 is 5.91 Å². The van der Waals surface area contributed by atoms with Crippen LogP contribution >= 0.6 is 23.4 Å². The Morgan fingerprint density at radius 3 is 2.66 bits per heavy atom. The third-order valence-electron chi connectivity index (χ3n) is 6.93. The lowest BCUT2D eigenvalue weighted by Crippen LogP contribution is -2.36. The second kappa shape index (κ2) is 10.2. The molecule has 0 bridgehead atoms. The number of aliphatic imine (C=N–C) groups is 1. The molecule has 0 spiro atoms. The van der Waals surface area contributed by atoms with E-state index >= 15 is 0 Å². The lowest BCUT2D eigenvalue weighted by atomic mass is 10.1. The van der Waals surface area contributed by atoms with Gasteiger partial charge in [0.05, 0.1) is 12.0 Å². The number of carbonyl (C=O) groups excluding carboxylic acids is 2. The summed E-state index contributed by atoms with van der Waals surface area (Å²) >= 11 is 7.59. The van der Waals surface area contributed by atoms with E-state index in [-0.39, 0.29) is 23.7 Å². The van der Waals surface area contributed by atoms with Crippen molar-refractivity contribution in [2.45, 2.75) is 32.2 Å². The van der Waals surface area contributed by atoms with Crippen LogP contribution in [-0.4, -0.2) is 55.4 Å². The summed E-state index contributed by atoms with van der Waals surface area (Å²) in [5.74, 6) is -0.511. The van der Waals surface area contributed by atoms with Crippen LogP contribution in [0.3, 0.4) is 0 Å². The highest BCUT2D eigenvalue weighted by molar-refractivity contribution is 8.27. The van der Waals surface area contributed by atoms with Crippen molar-refractivity contribution in [3.63, 3.8) is 0 Å². The second-order valence-corrected chi connectivity index (χ2v) is 10.9. The highest BCUT2D eigenvalue weighted by atomic mass is 35.5. The van der Waals surface area contributed by atoms with Gasteiger partial charge in [-0.25, -0.2) is 0 Å². The minimum atomic E-state index is -0.490. The van der Waals surface area contributed by atoms with Crippen molar-refractivity contribution >= 4 is 68.2 Å². The van der Waals surface area contributed by atoms with E-state index in [0.29, 0.717) is 21.8 Å². The molecule has 8 nitrogen and oxygen atoms in total. The monoisotopic (exact) mass is 544 g/mol. The Labute approximate surface area is 229 Å². The molecular formula is C28H25ClN6O2S. The van der Waals surface area contributed by atoms with Crippen LogP contribution in [0.15, 0.2) is 70.4 Å². The van der Waals surface area contributed by atoms with Crippen LogP contribution in [-0.2, 0) is 16.1 Å². The van der Waals surface area contributed by atoms with E-state index in [2.05, 4.69) is 14.7 Å². The number of benzene rings is 2. The number of nitrogens with zero attached hydrogens (tertiary/aromatic N) is 5. The van der Waals surface area contributed by atoms with Crippen LogP contribution < -0.4 is 0 Å². The number of hydrazone groups is 1. The number of amides is 2. The Bertz CT molecular complexity index is 1570. The summed E-state index contributed by atoms with van der Waals surface area (Å²) in [7, 11) is 0. The van der Waals surface area contributed by atoms with Crippen LogP contribution in [0.25, 0.3) is 17.0 Å². The van der Waals surface area contributed by atoms with Gasteiger partial charge in [-0.05, 0) is 54.8 Å². The molecule has 1 saturated heterocycles. The third kappa shape index (κ3) is 4.68. The van der Waals surface area contributed by atoms with Gasteiger partial charge < -0.3 is 9.47 Å². The molecule has 2 amide bonds. The number of hydrogen-bond acceptors (Lipinski definition) is 5. The van der Waals surface area contributed by atoms with Gasteiger partial charge in [-0.2, -0.15) is 15.1 Å². The topological polar surface area (TPSA) is 94.1 Å². The van der Waals surface area contributed by atoms with Gasteiger partial charge in [-0.1, -0.05) is 48.0 Å². The number of nitrogens with one attached hydrogen (secondary N) is 1. The summed E-state index contributed by atoms with van der Waals surface area (Å²) in [6.45, 7) is 2.11. The van der Waals surface area contributed by atoms with E-state index in [1.54, 1.807) is 6.08 Å². The normalized spacial score (nSPS) is 18.7. The van der Waals surface area contributed by atoms with E-state index in [0.717, 1.165) is 54.4 Å². The van der Waals surface area contributed by atoms with Crippen molar-refractivity contribution in [2.75, 3.05) is 13.1 Å². The fraction of sp³-hybridized carbons (Fsp3) is 0.250. The van der Waals surface area contributed by atoms with E-state index in [1.807, 2.05) is 59.6 Å². The molecule has 3 aliphatic heterocycles. The standard InChI is InChI=1S/C28H25ClN6O2S/c29-22-10-4-2-8-18(22)16-34-17-19(20-9-3-5-11-23(20)34)14-21-26(30)35-28(31-27(21)37)38-24(32-35)15-25(36)33-12-6-1-7-13-33/h2-5,8-11,14,17,30H,1,6-7,12-13,15-16H2/b21-14-,30-26?. The smallest absolute Gasteiger partial charge is 0.283 e. The highest BCUT2D eigenvalue weighted by Gasteiger charge is 2.36. The maximum Gasteiger partial charge on any atom is 0.283 e. The first-order chi connectivity index (χ1) is 18.5. The number of amidine groups is 2. The molecule has 0 saturated carbocycles. The lowest BCUT2D eigenvalue weighted by Gasteiger charge is -2.26. The van der Waals surface area contributed by atoms with Crippen molar-refractivity contribution in [2.24, 2.45) is 10.1 Å². The number of rotatable bonds is 5. The Kier molecular flexibility index (Phi) is 6.63. The Morgan fingerprint density at radius 2 is 1.84 bits per heavy atom. The summed E-state index contributed by atoms with van der Waals surface area (Å²) in [6, 6.07) is 15.6. The first kappa shape index (κ1) is 24.6. The summed E-state index contributed by atoms with van der Waals surface area (Å²) in [5.41, 5.74) is 2.93. The zero-order chi connectivity index (χ0) is 26.2. The van der Waals surface area contributed by atoms with Gasteiger partial charge in [0, 0.05) is 47.3 Å². The van der Waals surface area contributed by atoms with Crippen LogP contribution in [0.4, 0.5) is 0 Å². The average molecular weight is 545 g/mol. The molecule has 10 heteroatoms. The van der Waals surface area contributed by atoms with Crippen molar-refractivity contribution in [1.82, 2.24) is 14.5 Å². The predicted molar refractivity (Wildman–Crippen MR) is 153 cm³/mol. The highest BCUT2D eigenvalue weighted by Crippen LogP contribution is 2.32. The van der Waals surface area contributed by atoms with E-state index in [4.69, 9.17) is 17.0 Å². The van der Waals surface area contributed by atoms with E-state index in [1.165, 1.54) is 16.8 Å². The largest absolute Gasteiger partial charge is 0.342 e. The van der Waals surface area contributed by atoms with Crippen LogP contribution in [0.1, 0.15) is 36.8 Å². The number of likely N-dealkylation sites (tertiary alicyclic amines) is 1. The summed E-state index contributed by atoms with van der Waals surface area (Å²) in [5, 5.41) is 17.1. The number of halogens is 1. The van der Waals surface area contributed by atoms with Crippen molar-refractivity contribution in [3.05, 3.63) is 76.5 Å². The number of carbonyl (C=O) groups is 2. The average Bonchev–Trinajstić information content (AvgIpc) is 3.49. The van der Waals surface area contributed by atoms with Crippen molar-refractivity contribution in [1.29, 1.82) is 5.41 Å². The SMILES string of the molecule is N=C1/C(=C/c2cn(Cc3ccccc3Cl)c3ccccc23)C(=O)N=C2SC(CC(=O)N3CCCCC3)=NN12. The fourth-order valence-electron chi connectivity index (χ4n) is 4.97. The molecule has 1 N–H and O–H groups in total. The first-order valence-corrected chi connectivity index (χ1v) is 13.8. The van der Waals surface area contributed by atoms with Gasteiger partial charge in [0.25, 0.3) is 5.91 Å². The minimum Gasteiger partial charge on any atom is -0.342 e. The fourth-order valence-corrected chi connectivity index (χ4v) is 6.05. The second-order valence-electron chi connectivity index (χ2n) is 9.45. The molecule has 1 aromatic heterocycles. The van der Waals surface area contributed by atoms with Gasteiger partial charge in [0.2, 0.25) is 11.1 Å². The molecule has 2 aromatic carbocycles. The quantitative estimate of drug-likeness (QED) is 0.437. The maximum atomic E-state index is 13.0. The summed E-state index contributed by atoms with van der Waals surface area (Å²) in [6.07, 6.45) is 7.00. The predicted octanol–water partition coefficient (Wildman–Crippen LogP) is 5.36. The van der Waals surface area contributed by atoms with Crippen molar-refractivity contribution < 1.29 is 9.59 Å². The number of fused-ring (bicyclic) bond motifs is 2. The zero-order valence-corrected chi connectivity index (χ0v) is 22.1. The van der Waals surface area contributed by atoms with Crippen LogP contribution in [0.5, 0.6) is 0 Å². The number of hydrogen-bond donors (Lipinski definition) is 1. The lowest BCUT2D eigenvalue weighted by molar-refractivity contribution is -0.130. The molecule has 38 heavy (non-hydrogen) atoms. The molecule has 3 aromatic rings. The minimum absolute atomic E-state index is 0.0244. The van der Waals surface area contributed by atoms with Crippen molar-refractivity contribution in [3.8, 4) is 0 Å². The number of aromatic nitrogens is 1. The molecule has 0 unspecified atom stereocenters. The zero-order valence-electron chi connectivity index (χ0n) is 20.6. The molecular weight excluding hydrogens is 520 g/mol. The summed E-state index contributed by atoms with van der Waals surface area (Å²) in [4.78, 5) is 31.8. The molecule has 3 aliphatic rings. The molecule has 192 valence electrons. The molecule has 6 rings (SSSR count). The van der Waals surface area contributed by atoms with Gasteiger partial charge in [-0.3, -0.25) is 15.0 Å². The molecule has 1 fully saturated rings. The third-order valence-corrected chi connectivity index (χ3v) is 8.20. The van der Waals surface area contributed by atoms with Gasteiger partial charge in [0.15, 0.2) is 5.84 Å². The van der Waals surface area contributed by atoms with Crippen LogP contribution in [0.2, 0.25) is 5.02 Å². The molecule has 4 heterocycles. The van der Waals surface area contributed by atoms with E-state index in [9.17, 15) is 9.59 Å². The van der Waals surface area contributed by atoms with Gasteiger partial charge >= 0.3 is 0 Å². The Hall–Kier alpha value is -3.69. The first-order valence-electron chi connectivity index (χ1n) is 12.6. The molecule has 0 radical (unpaired) electrons.